The Bertz CT molecular complexity index is 149. The van der Waals surface area contributed by atoms with Crippen molar-refractivity contribution in [2.75, 3.05) is 13.1 Å². The van der Waals surface area contributed by atoms with Gasteiger partial charge in [-0.2, -0.15) is 0 Å². The van der Waals surface area contributed by atoms with Crippen LogP contribution in [0, 0.1) is 5.92 Å². The largest absolute Gasteiger partial charge is 0.300 e. The molecular weight excluding hydrogens is 158 g/mol. The first-order valence-corrected chi connectivity index (χ1v) is 6.10. The van der Waals surface area contributed by atoms with Crippen LogP contribution < -0.4 is 0 Å². The second-order valence-corrected chi connectivity index (χ2v) is 4.99. The van der Waals surface area contributed by atoms with Gasteiger partial charge in [-0.25, -0.2) is 0 Å². The number of likely N-dealkylation sites (tertiary alicyclic amines) is 1. The smallest absolute Gasteiger partial charge is 0.00675 e. The zero-order valence-electron chi connectivity index (χ0n) is 8.97. The molecule has 13 heavy (non-hydrogen) atoms. The molecule has 1 heteroatoms. The maximum absolute atomic E-state index is 2.72. The van der Waals surface area contributed by atoms with Crippen molar-refractivity contribution in [3.05, 3.63) is 0 Å². The number of hydrogen-bond acceptors (Lipinski definition) is 1. The van der Waals surface area contributed by atoms with Crippen LogP contribution in [0.2, 0.25) is 0 Å². The maximum Gasteiger partial charge on any atom is 0.00675 e. The van der Waals surface area contributed by atoms with E-state index in [9.17, 15) is 0 Å². The molecule has 0 unspecified atom stereocenters. The molecule has 1 aliphatic carbocycles. The first-order chi connectivity index (χ1) is 6.36. The Morgan fingerprint density at radius 1 is 1.00 bits per heavy atom. The third-order valence-corrected chi connectivity index (χ3v) is 3.91. The summed E-state index contributed by atoms with van der Waals surface area (Å²) in [5.41, 5.74) is 0. The fraction of sp³-hybridized carbons (Fsp3) is 1.00. The number of hydrogen-bond donors (Lipinski definition) is 0. The summed E-state index contributed by atoms with van der Waals surface area (Å²) in [6, 6.07) is 0.877. The lowest BCUT2D eigenvalue weighted by molar-refractivity contribution is 0.196. The fourth-order valence-corrected chi connectivity index (χ4v) is 2.97. The Balaban J connectivity index is 1.75. The second-order valence-electron chi connectivity index (χ2n) is 4.99. The van der Waals surface area contributed by atoms with Crippen LogP contribution in [-0.2, 0) is 0 Å². The zero-order chi connectivity index (χ0) is 9.10. The molecule has 1 heterocycles. The maximum atomic E-state index is 2.72. The highest BCUT2D eigenvalue weighted by molar-refractivity contribution is 4.78. The molecule has 2 aliphatic rings. The quantitative estimate of drug-likeness (QED) is 0.633. The van der Waals surface area contributed by atoms with E-state index in [-0.39, 0.29) is 0 Å². The molecule has 2 fully saturated rings. The molecule has 2 rings (SSSR count). The highest BCUT2D eigenvalue weighted by Gasteiger charge is 2.23. The molecule has 0 spiro atoms. The topological polar surface area (TPSA) is 3.24 Å². The fourth-order valence-electron chi connectivity index (χ4n) is 2.97. The SMILES string of the molecule is C[C@@H]1CCCN1CC1CCCCC1. The molecule has 0 radical (unpaired) electrons. The molecule has 0 bridgehead atoms. The Hall–Kier alpha value is -0.0400. The average Bonchev–Trinajstić information content (AvgIpc) is 2.54. The van der Waals surface area contributed by atoms with Gasteiger partial charge in [0.05, 0.1) is 0 Å². The van der Waals surface area contributed by atoms with Crippen molar-refractivity contribution in [1.29, 1.82) is 0 Å². The third kappa shape index (κ3) is 2.46. The average molecular weight is 181 g/mol. The van der Waals surface area contributed by atoms with Gasteiger partial charge >= 0.3 is 0 Å². The molecular formula is C12H23N. The van der Waals surface area contributed by atoms with Crippen molar-refractivity contribution in [1.82, 2.24) is 4.90 Å². The Labute approximate surface area is 82.5 Å². The Kier molecular flexibility index (Phi) is 3.26. The molecule has 1 aliphatic heterocycles. The van der Waals surface area contributed by atoms with Crippen molar-refractivity contribution in [3.63, 3.8) is 0 Å². The van der Waals surface area contributed by atoms with E-state index in [1.807, 2.05) is 0 Å². The second kappa shape index (κ2) is 4.45. The van der Waals surface area contributed by atoms with E-state index in [1.54, 1.807) is 0 Å². The lowest BCUT2D eigenvalue weighted by Crippen LogP contribution is -2.32. The molecule has 0 aromatic carbocycles. The van der Waals surface area contributed by atoms with Crippen LogP contribution in [0.15, 0.2) is 0 Å². The van der Waals surface area contributed by atoms with E-state index >= 15 is 0 Å². The van der Waals surface area contributed by atoms with Gasteiger partial charge in [-0.15, -0.1) is 0 Å². The predicted octanol–water partition coefficient (Wildman–Crippen LogP) is 3.05. The molecule has 1 saturated heterocycles. The summed E-state index contributed by atoms with van der Waals surface area (Å²) in [4.78, 5) is 2.72. The van der Waals surface area contributed by atoms with Gasteiger partial charge in [0.1, 0.15) is 0 Å². The van der Waals surface area contributed by atoms with Crippen LogP contribution in [0.4, 0.5) is 0 Å². The van der Waals surface area contributed by atoms with Crippen molar-refractivity contribution in [3.8, 4) is 0 Å². The minimum Gasteiger partial charge on any atom is -0.300 e. The molecule has 1 nitrogen and oxygen atoms in total. The summed E-state index contributed by atoms with van der Waals surface area (Å²) in [6.45, 7) is 5.18. The van der Waals surface area contributed by atoms with Gasteiger partial charge in [0.15, 0.2) is 0 Å². The zero-order valence-corrected chi connectivity index (χ0v) is 8.97. The van der Waals surface area contributed by atoms with E-state index in [0.717, 1.165) is 12.0 Å². The summed E-state index contributed by atoms with van der Waals surface area (Å²) in [6.07, 6.45) is 10.4. The monoisotopic (exact) mass is 181 g/mol. The van der Waals surface area contributed by atoms with E-state index in [4.69, 9.17) is 0 Å². The van der Waals surface area contributed by atoms with Crippen LogP contribution >= 0.6 is 0 Å². The Morgan fingerprint density at radius 2 is 1.77 bits per heavy atom. The van der Waals surface area contributed by atoms with Gasteiger partial charge in [0, 0.05) is 12.6 Å². The van der Waals surface area contributed by atoms with Crippen molar-refractivity contribution < 1.29 is 0 Å². The van der Waals surface area contributed by atoms with Gasteiger partial charge in [0.25, 0.3) is 0 Å². The summed E-state index contributed by atoms with van der Waals surface area (Å²) >= 11 is 0. The van der Waals surface area contributed by atoms with Gasteiger partial charge in [-0.1, -0.05) is 19.3 Å². The minimum absolute atomic E-state index is 0.877. The van der Waals surface area contributed by atoms with Crippen LogP contribution in [-0.4, -0.2) is 24.0 Å². The lowest BCUT2D eigenvalue weighted by Gasteiger charge is -2.29. The Morgan fingerprint density at radius 3 is 2.38 bits per heavy atom. The summed E-state index contributed by atoms with van der Waals surface area (Å²) in [5, 5.41) is 0. The number of rotatable bonds is 2. The van der Waals surface area contributed by atoms with Gasteiger partial charge < -0.3 is 4.90 Å². The summed E-state index contributed by atoms with van der Waals surface area (Å²) in [7, 11) is 0. The third-order valence-electron chi connectivity index (χ3n) is 3.91. The molecule has 0 amide bonds. The molecule has 1 atom stereocenters. The van der Waals surface area contributed by atoms with Gasteiger partial charge in [-0.05, 0) is 45.1 Å². The van der Waals surface area contributed by atoms with Crippen LogP contribution in [0.3, 0.4) is 0 Å². The minimum atomic E-state index is 0.877. The number of nitrogens with zero attached hydrogens (tertiary/aromatic N) is 1. The highest BCUT2D eigenvalue weighted by Crippen LogP contribution is 2.27. The summed E-state index contributed by atoms with van der Waals surface area (Å²) in [5.74, 6) is 1.04. The standard InChI is InChI=1S/C12H23N/c1-11-6-5-9-13(11)10-12-7-3-2-4-8-12/h11-12H,2-10H2,1H3/t11-/m1/s1. The van der Waals surface area contributed by atoms with E-state index in [2.05, 4.69) is 11.8 Å². The highest BCUT2D eigenvalue weighted by atomic mass is 15.2. The van der Waals surface area contributed by atoms with Gasteiger partial charge in [0.2, 0.25) is 0 Å². The van der Waals surface area contributed by atoms with E-state index in [1.165, 1.54) is 58.0 Å². The predicted molar refractivity (Wildman–Crippen MR) is 56.8 cm³/mol. The molecule has 76 valence electrons. The first kappa shape index (κ1) is 9.51. The molecule has 0 N–H and O–H groups in total. The van der Waals surface area contributed by atoms with Crippen molar-refractivity contribution in [2.45, 2.75) is 57.9 Å². The molecule has 0 aromatic heterocycles. The van der Waals surface area contributed by atoms with Crippen LogP contribution in [0.5, 0.6) is 0 Å². The van der Waals surface area contributed by atoms with Crippen molar-refractivity contribution in [2.24, 2.45) is 5.92 Å². The van der Waals surface area contributed by atoms with Crippen molar-refractivity contribution >= 4 is 0 Å². The van der Waals surface area contributed by atoms with E-state index in [0.29, 0.717) is 0 Å². The van der Waals surface area contributed by atoms with Gasteiger partial charge in [-0.3, -0.25) is 0 Å². The normalized spacial score (nSPS) is 32.5. The van der Waals surface area contributed by atoms with E-state index < -0.39 is 0 Å². The molecule has 1 saturated carbocycles. The molecule has 0 aromatic rings. The first-order valence-electron chi connectivity index (χ1n) is 6.10. The lowest BCUT2D eigenvalue weighted by atomic mass is 9.89. The van der Waals surface area contributed by atoms with Crippen LogP contribution in [0.25, 0.3) is 0 Å². The van der Waals surface area contributed by atoms with Crippen LogP contribution in [0.1, 0.15) is 51.9 Å². The summed E-state index contributed by atoms with van der Waals surface area (Å²) < 4.78 is 0.